The minimum atomic E-state index is -0.784. The number of ether oxygens (including phenoxy) is 2. The molecule has 5 aromatic rings. The Morgan fingerprint density at radius 1 is 1.08 bits per heavy atom. The minimum Gasteiger partial charge on any atom is -0.493 e. The van der Waals surface area contributed by atoms with E-state index in [2.05, 4.69) is 0 Å². The van der Waals surface area contributed by atoms with Gasteiger partial charge in [0.05, 0.1) is 40.9 Å². The Morgan fingerprint density at radius 3 is 2.70 bits per heavy atom. The number of hydrogen-bond donors (Lipinski definition) is 0. The maximum atomic E-state index is 13.9. The summed E-state index contributed by atoms with van der Waals surface area (Å²) in [6.45, 7) is 4.36. The second-order valence-corrected chi connectivity index (χ2v) is 10.1. The summed E-state index contributed by atoms with van der Waals surface area (Å²) in [5, 5.41) is 1.18. The Balaban J connectivity index is 1.62. The summed E-state index contributed by atoms with van der Waals surface area (Å²) in [5.74, 6) is 0.622. The molecule has 0 bridgehead atoms. The van der Waals surface area contributed by atoms with Gasteiger partial charge in [-0.15, -0.1) is 0 Å². The number of carbonyl (C=O) groups excluding carboxylic acids is 1. The van der Waals surface area contributed by atoms with Crippen LogP contribution in [0.15, 0.2) is 63.8 Å². The van der Waals surface area contributed by atoms with Crippen LogP contribution in [0.2, 0.25) is 5.02 Å². The van der Waals surface area contributed by atoms with E-state index in [0.29, 0.717) is 44.8 Å². The summed E-state index contributed by atoms with van der Waals surface area (Å²) < 4.78 is 18.2. The van der Waals surface area contributed by atoms with Gasteiger partial charge < -0.3 is 13.9 Å². The molecule has 7 nitrogen and oxygen atoms in total. The van der Waals surface area contributed by atoms with E-state index in [4.69, 9.17) is 30.5 Å². The van der Waals surface area contributed by atoms with Crippen LogP contribution in [0.5, 0.6) is 11.5 Å². The number of nitrogens with zero attached hydrogens (tertiary/aromatic N) is 2. The first kappa shape index (κ1) is 23.5. The first-order valence-electron chi connectivity index (χ1n) is 11.7. The van der Waals surface area contributed by atoms with Crippen LogP contribution in [0, 0.1) is 6.92 Å². The van der Waals surface area contributed by atoms with Gasteiger partial charge in [-0.25, -0.2) is 4.98 Å². The SMILES string of the molecule is CCOc1ccc(C2c3c(oc4ccc(Cl)cc4c3=O)C(=O)N2c2nc3ccc(C)cc3s2)cc1OC. The number of rotatable bonds is 5. The fraction of sp³-hybridized carbons (Fsp3) is 0.179. The lowest BCUT2D eigenvalue weighted by Gasteiger charge is -2.23. The number of methoxy groups -OCH3 is 1. The first-order chi connectivity index (χ1) is 17.9. The van der Waals surface area contributed by atoms with Crippen LogP contribution in [0.1, 0.15) is 40.2 Å². The second kappa shape index (κ2) is 8.90. The summed E-state index contributed by atoms with van der Waals surface area (Å²) in [6, 6.07) is 15.3. The molecule has 1 unspecified atom stereocenters. The summed E-state index contributed by atoms with van der Waals surface area (Å²) in [6.07, 6.45) is 0. The fourth-order valence-electron chi connectivity index (χ4n) is 4.71. The maximum absolute atomic E-state index is 13.9. The van der Waals surface area contributed by atoms with Crippen LogP contribution >= 0.6 is 22.9 Å². The second-order valence-electron chi connectivity index (χ2n) is 8.70. The molecule has 9 heteroatoms. The fourth-order valence-corrected chi connectivity index (χ4v) is 5.97. The van der Waals surface area contributed by atoms with Crippen molar-refractivity contribution in [3.05, 3.63) is 92.3 Å². The van der Waals surface area contributed by atoms with E-state index in [1.165, 1.54) is 16.2 Å². The van der Waals surface area contributed by atoms with Crippen molar-refractivity contribution < 1.29 is 18.7 Å². The van der Waals surface area contributed by atoms with E-state index in [9.17, 15) is 9.59 Å². The summed E-state index contributed by atoms with van der Waals surface area (Å²) in [7, 11) is 1.55. The molecule has 0 saturated carbocycles. The largest absolute Gasteiger partial charge is 0.493 e. The van der Waals surface area contributed by atoms with Crippen molar-refractivity contribution >= 4 is 55.2 Å². The standard InChI is InChI=1S/C28H21ClN2O5S/c1-4-35-20-9-6-15(12-21(20)34-3)24-23-25(32)17-13-16(29)7-10-19(17)36-26(23)27(33)31(24)28-30-18-8-5-14(2)11-22(18)37-28/h5-13,24H,4H2,1-3H3. The van der Waals surface area contributed by atoms with Gasteiger partial charge in [-0.05, 0) is 67.4 Å². The number of carbonyl (C=O) groups is 1. The molecule has 0 N–H and O–H groups in total. The number of aromatic nitrogens is 1. The van der Waals surface area contributed by atoms with E-state index < -0.39 is 11.9 Å². The molecule has 6 rings (SSSR count). The third-order valence-electron chi connectivity index (χ3n) is 6.37. The van der Waals surface area contributed by atoms with Gasteiger partial charge in [0, 0.05) is 5.02 Å². The van der Waals surface area contributed by atoms with Crippen molar-refractivity contribution in [3.63, 3.8) is 0 Å². The zero-order valence-electron chi connectivity index (χ0n) is 20.2. The number of fused-ring (bicyclic) bond motifs is 3. The maximum Gasteiger partial charge on any atom is 0.297 e. The molecule has 186 valence electrons. The Labute approximate surface area is 220 Å². The first-order valence-corrected chi connectivity index (χ1v) is 12.9. The van der Waals surface area contributed by atoms with E-state index >= 15 is 0 Å². The molecule has 0 fully saturated rings. The van der Waals surface area contributed by atoms with Crippen LogP contribution < -0.4 is 19.8 Å². The van der Waals surface area contributed by atoms with Gasteiger partial charge >= 0.3 is 0 Å². The molecule has 0 radical (unpaired) electrons. The topological polar surface area (TPSA) is 81.9 Å². The number of aryl methyl sites for hydroxylation is 1. The number of anilines is 1. The molecular weight excluding hydrogens is 512 g/mol. The van der Waals surface area contributed by atoms with Crippen molar-refractivity contribution in [1.82, 2.24) is 4.98 Å². The molecule has 0 saturated heterocycles. The van der Waals surface area contributed by atoms with Crippen LogP contribution in [0.3, 0.4) is 0 Å². The number of halogens is 1. The molecule has 1 aliphatic rings. The predicted octanol–water partition coefficient (Wildman–Crippen LogP) is 6.52. The molecule has 1 amide bonds. The number of amides is 1. The molecule has 0 spiro atoms. The van der Waals surface area contributed by atoms with Crippen LogP contribution in [-0.4, -0.2) is 24.6 Å². The smallest absolute Gasteiger partial charge is 0.297 e. The van der Waals surface area contributed by atoms with Gasteiger partial charge in [0.1, 0.15) is 5.58 Å². The van der Waals surface area contributed by atoms with Crippen molar-refractivity contribution in [1.29, 1.82) is 0 Å². The van der Waals surface area contributed by atoms with Gasteiger partial charge in [0.2, 0.25) is 5.76 Å². The van der Waals surface area contributed by atoms with E-state index in [0.717, 1.165) is 15.8 Å². The molecular formula is C28H21ClN2O5S. The zero-order valence-corrected chi connectivity index (χ0v) is 21.8. The predicted molar refractivity (Wildman–Crippen MR) is 145 cm³/mol. The minimum absolute atomic E-state index is 0.00638. The lowest BCUT2D eigenvalue weighted by atomic mass is 9.98. The van der Waals surface area contributed by atoms with Crippen LogP contribution in [0.4, 0.5) is 5.13 Å². The average Bonchev–Trinajstić information content (AvgIpc) is 3.43. The van der Waals surface area contributed by atoms with Gasteiger partial charge in [-0.1, -0.05) is 35.1 Å². The Hall–Kier alpha value is -3.88. The van der Waals surface area contributed by atoms with E-state index in [-0.39, 0.29) is 16.8 Å². The highest BCUT2D eigenvalue weighted by Gasteiger charge is 2.45. The highest BCUT2D eigenvalue weighted by Crippen LogP contribution is 2.45. The van der Waals surface area contributed by atoms with Gasteiger partial charge in [0.15, 0.2) is 22.1 Å². The van der Waals surface area contributed by atoms with Gasteiger partial charge in [-0.2, -0.15) is 0 Å². The van der Waals surface area contributed by atoms with E-state index in [1.54, 1.807) is 37.4 Å². The van der Waals surface area contributed by atoms with Gasteiger partial charge in [0.25, 0.3) is 5.91 Å². The molecule has 0 aliphatic carbocycles. The van der Waals surface area contributed by atoms with Crippen LogP contribution in [-0.2, 0) is 0 Å². The molecule has 37 heavy (non-hydrogen) atoms. The molecule has 2 aromatic heterocycles. The summed E-state index contributed by atoms with van der Waals surface area (Å²) in [5.41, 5.74) is 2.74. The Morgan fingerprint density at radius 2 is 1.92 bits per heavy atom. The number of thiazole rings is 1. The number of hydrogen-bond acceptors (Lipinski definition) is 7. The third-order valence-corrected chi connectivity index (χ3v) is 7.63. The Kier molecular flexibility index (Phi) is 5.66. The van der Waals surface area contributed by atoms with Crippen molar-refractivity contribution in [2.75, 3.05) is 18.6 Å². The van der Waals surface area contributed by atoms with E-state index in [1.807, 2.05) is 38.1 Å². The van der Waals surface area contributed by atoms with Crippen molar-refractivity contribution in [2.24, 2.45) is 0 Å². The molecule has 3 aromatic carbocycles. The monoisotopic (exact) mass is 532 g/mol. The molecule has 3 heterocycles. The lowest BCUT2D eigenvalue weighted by Crippen LogP contribution is -2.29. The zero-order chi connectivity index (χ0) is 25.8. The Bertz CT molecular complexity index is 1780. The summed E-state index contributed by atoms with van der Waals surface area (Å²) in [4.78, 5) is 34.0. The van der Waals surface area contributed by atoms with Crippen molar-refractivity contribution in [2.45, 2.75) is 19.9 Å². The van der Waals surface area contributed by atoms with Crippen LogP contribution in [0.25, 0.3) is 21.2 Å². The number of benzene rings is 3. The highest BCUT2D eigenvalue weighted by atomic mass is 35.5. The quantitative estimate of drug-likeness (QED) is 0.256. The highest BCUT2D eigenvalue weighted by molar-refractivity contribution is 7.22. The molecule has 1 aliphatic heterocycles. The third kappa shape index (κ3) is 3.75. The lowest BCUT2D eigenvalue weighted by molar-refractivity contribution is 0.0971. The van der Waals surface area contributed by atoms with Crippen molar-refractivity contribution in [3.8, 4) is 11.5 Å². The normalized spacial score (nSPS) is 15.0. The average molecular weight is 533 g/mol. The molecule has 1 atom stereocenters. The summed E-state index contributed by atoms with van der Waals surface area (Å²) >= 11 is 7.58. The van der Waals surface area contributed by atoms with Gasteiger partial charge in [-0.3, -0.25) is 14.5 Å².